The average Bonchev–Trinajstić information content (AvgIpc) is 3.21. The molecule has 3 N–H and O–H groups in total. The van der Waals surface area contributed by atoms with Gasteiger partial charge in [0.1, 0.15) is 10.8 Å². The lowest BCUT2D eigenvalue weighted by Gasteiger charge is -2.15. The maximum Gasteiger partial charge on any atom is 0.257 e. The van der Waals surface area contributed by atoms with Gasteiger partial charge in [-0.25, -0.2) is 4.98 Å². The Labute approximate surface area is 201 Å². The molecule has 2 amide bonds. The van der Waals surface area contributed by atoms with Crippen molar-refractivity contribution in [3.8, 4) is 17.0 Å². The van der Waals surface area contributed by atoms with Gasteiger partial charge in [0.2, 0.25) is 0 Å². The number of carbonyl (C=O) groups is 2. The fourth-order valence-electron chi connectivity index (χ4n) is 4.71. The van der Waals surface area contributed by atoms with Gasteiger partial charge in [-0.2, -0.15) is 0 Å². The van der Waals surface area contributed by atoms with Gasteiger partial charge in [-0.15, -0.1) is 11.3 Å². The second-order valence-corrected chi connectivity index (χ2v) is 9.54. The minimum atomic E-state index is -0.495. The molecule has 0 spiro atoms. The van der Waals surface area contributed by atoms with Gasteiger partial charge in [0.15, 0.2) is 0 Å². The first-order valence-electron chi connectivity index (χ1n) is 11.3. The van der Waals surface area contributed by atoms with Gasteiger partial charge in [-0.3, -0.25) is 9.59 Å². The van der Waals surface area contributed by atoms with E-state index < -0.39 is 5.91 Å². The van der Waals surface area contributed by atoms with Crippen LogP contribution in [0.3, 0.4) is 0 Å². The Bertz CT molecular complexity index is 1420. The van der Waals surface area contributed by atoms with Crippen molar-refractivity contribution in [2.45, 2.75) is 32.6 Å². The number of nitrogens with one attached hydrogen (secondary N) is 1. The molecule has 4 aromatic rings. The molecule has 1 aliphatic carbocycles. The van der Waals surface area contributed by atoms with E-state index in [9.17, 15) is 9.59 Å². The molecule has 5 rings (SSSR count). The van der Waals surface area contributed by atoms with Gasteiger partial charge in [-0.1, -0.05) is 18.2 Å². The van der Waals surface area contributed by atoms with E-state index in [0.717, 1.165) is 69.6 Å². The fourth-order valence-corrected chi connectivity index (χ4v) is 6.00. The number of primary amides is 1. The van der Waals surface area contributed by atoms with Crippen molar-refractivity contribution in [3.63, 3.8) is 0 Å². The van der Waals surface area contributed by atoms with E-state index in [-0.39, 0.29) is 5.91 Å². The number of amides is 2. The minimum Gasteiger partial charge on any atom is -0.497 e. The summed E-state index contributed by atoms with van der Waals surface area (Å²) >= 11 is 1.47. The Kier molecular flexibility index (Phi) is 5.79. The molecule has 2 aromatic carbocycles. The van der Waals surface area contributed by atoms with Crippen LogP contribution in [0.4, 0.5) is 5.00 Å². The number of ether oxygens (including phenoxy) is 1. The lowest BCUT2D eigenvalue weighted by molar-refractivity contribution is 0.100. The van der Waals surface area contributed by atoms with E-state index in [2.05, 4.69) is 5.32 Å². The summed E-state index contributed by atoms with van der Waals surface area (Å²) in [6.07, 6.45) is 3.84. The molecular formula is C27H25N3O3S. The van der Waals surface area contributed by atoms with Crippen LogP contribution in [-0.2, 0) is 12.8 Å². The number of hydrogen-bond acceptors (Lipinski definition) is 5. The second-order valence-electron chi connectivity index (χ2n) is 8.44. The molecule has 0 unspecified atom stereocenters. The van der Waals surface area contributed by atoms with Crippen LogP contribution < -0.4 is 15.8 Å². The van der Waals surface area contributed by atoms with Crippen LogP contribution in [0.15, 0.2) is 48.5 Å². The van der Waals surface area contributed by atoms with Crippen molar-refractivity contribution in [1.82, 2.24) is 4.98 Å². The first-order chi connectivity index (χ1) is 16.5. The van der Waals surface area contributed by atoms with E-state index in [1.165, 1.54) is 11.3 Å². The zero-order valence-corrected chi connectivity index (χ0v) is 19.9. The Hall–Kier alpha value is -3.71. The van der Waals surface area contributed by atoms with Crippen molar-refractivity contribution in [3.05, 3.63) is 75.7 Å². The maximum atomic E-state index is 13.7. The molecule has 1 aliphatic rings. The SMILES string of the molecule is COc1ccc(-c2nc3ccccc3c(C(=O)Nc3sc4c(c3C(N)=O)CCCC4)c2C)cc1. The standard InChI is InChI=1S/C27H25N3O3S/c1-15-22(26(32)30-27-23(25(28)31)19-8-4-6-10-21(19)34-27)18-7-3-5-9-20(18)29-24(15)16-11-13-17(33-2)14-12-16/h3,5,7,9,11-14H,4,6,8,10H2,1-2H3,(H2,28,31)(H,30,32). The van der Waals surface area contributed by atoms with E-state index in [1.54, 1.807) is 7.11 Å². The summed E-state index contributed by atoms with van der Waals surface area (Å²) in [6, 6.07) is 15.2. The quantitative estimate of drug-likeness (QED) is 0.401. The number of para-hydroxylation sites is 1. The summed E-state index contributed by atoms with van der Waals surface area (Å²) in [7, 11) is 1.62. The fraction of sp³-hybridized carbons (Fsp3) is 0.222. The monoisotopic (exact) mass is 471 g/mol. The van der Waals surface area contributed by atoms with E-state index in [1.807, 2.05) is 55.5 Å². The van der Waals surface area contributed by atoms with Gasteiger partial charge in [0, 0.05) is 15.8 Å². The molecular weight excluding hydrogens is 446 g/mol. The van der Waals surface area contributed by atoms with Crippen molar-refractivity contribution in [1.29, 1.82) is 0 Å². The van der Waals surface area contributed by atoms with Crippen LogP contribution in [0.2, 0.25) is 0 Å². The molecule has 34 heavy (non-hydrogen) atoms. The topological polar surface area (TPSA) is 94.3 Å². The van der Waals surface area contributed by atoms with Crippen molar-refractivity contribution < 1.29 is 14.3 Å². The third-order valence-corrected chi connectivity index (χ3v) is 7.58. The number of rotatable bonds is 5. The first kappa shape index (κ1) is 22.1. The number of benzene rings is 2. The number of methoxy groups -OCH3 is 1. The first-order valence-corrected chi connectivity index (χ1v) is 12.1. The van der Waals surface area contributed by atoms with Crippen LogP contribution in [0, 0.1) is 6.92 Å². The molecule has 0 atom stereocenters. The van der Waals surface area contributed by atoms with Crippen LogP contribution in [0.1, 0.15) is 49.6 Å². The molecule has 172 valence electrons. The molecule has 0 saturated carbocycles. The number of pyridine rings is 1. The number of carbonyl (C=O) groups excluding carboxylic acids is 2. The molecule has 0 saturated heterocycles. The van der Waals surface area contributed by atoms with Crippen LogP contribution in [-0.4, -0.2) is 23.9 Å². The van der Waals surface area contributed by atoms with Gasteiger partial charge in [0.25, 0.3) is 11.8 Å². The Morgan fingerprint density at radius 2 is 1.76 bits per heavy atom. The molecule has 0 fully saturated rings. The summed E-state index contributed by atoms with van der Waals surface area (Å²) in [6.45, 7) is 1.91. The number of aromatic nitrogens is 1. The van der Waals surface area contributed by atoms with Gasteiger partial charge < -0.3 is 15.8 Å². The lowest BCUT2D eigenvalue weighted by atomic mass is 9.95. The molecule has 2 aromatic heterocycles. The highest BCUT2D eigenvalue weighted by atomic mass is 32.1. The predicted molar refractivity (Wildman–Crippen MR) is 136 cm³/mol. The minimum absolute atomic E-state index is 0.271. The van der Waals surface area contributed by atoms with Crippen LogP contribution >= 0.6 is 11.3 Å². The summed E-state index contributed by atoms with van der Waals surface area (Å²) < 4.78 is 5.28. The van der Waals surface area contributed by atoms with E-state index in [4.69, 9.17) is 15.5 Å². The normalized spacial score (nSPS) is 12.9. The highest BCUT2D eigenvalue weighted by molar-refractivity contribution is 7.17. The Morgan fingerprint density at radius 1 is 1.03 bits per heavy atom. The number of nitrogens with two attached hydrogens (primary N) is 1. The van der Waals surface area contributed by atoms with Gasteiger partial charge in [-0.05, 0) is 74.1 Å². The average molecular weight is 472 g/mol. The number of anilines is 1. The number of hydrogen-bond donors (Lipinski definition) is 2. The molecule has 7 heteroatoms. The summed E-state index contributed by atoms with van der Waals surface area (Å²) in [5.41, 5.74) is 10.8. The molecule has 0 bridgehead atoms. The summed E-state index contributed by atoms with van der Waals surface area (Å²) in [4.78, 5) is 32.0. The van der Waals surface area contributed by atoms with E-state index in [0.29, 0.717) is 16.1 Å². The Balaban J connectivity index is 1.62. The largest absolute Gasteiger partial charge is 0.497 e. The number of thiophene rings is 1. The molecule has 2 heterocycles. The predicted octanol–water partition coefficient (Wildman–Crippen LogP) is 5.51. The number of fused-ring (bicyclic) bond motifs is 2. The van der Waals surface area contributed by atoms with Gasteiger partial charge in [0.05, 0.1) is 29.4 Å². The van der Waals surface area contributed by atoms with Crippen molar-refractivity contribution in [2.24, 2.45) is 5.73 Å². The third-order valence-electron chi connectivity index (χ3n) is 6.37. The zero-order chi connectivity index (χ0) is 23.8. The third kappa shape index (κ3) is 3.82. The Morgan fingerprint density at radius 3 is 2.50 bits per heavy atom. The second kappa shape index (κ2) is 8.91. The molecule has 0 radical (unpaired) electrons. The van der Waals surface area contributed by atoms with Gasteiger partial charge >= 0.3 is 0 Å². The zero-order valence-electron chi connectivity index (χ0n) is 19.1. The van der Waals surface area contributed by atoms with Crippen LogP contribution in [0.25, 0.3) is 22.2 Å². The highest BCUT2D eigenvalue weighted by Gasteiger charge is 2.26. The summed E-state index contributed by atoms with van der Waals surface area (Å²) in [5, 5.41) is 4.32. The molecule has 6 nitrogen and oxygen atoms in total. The maximum absolute atomic E-state index is 13.7. The number of nitrogens with zero attached hydrogens (tertiary/aromatic N) is 1. The van der Waals surface area contributed by atoms with Crippen molar-refractivity contribution in [2.75, 3.05) is 12.4 Å². The lowest BCUT2D eigenvalue weighted by Crippen LogP contribution is -2.19. The van der Waals surface area contributed by atoms with Crippen LogP contribution in [0.5, 0.6) is 5.75 Å². The number of aryl methyl sites for hydroxylation is 1. The smallest absolute Gasteiger partial charge is 0.257 e. The highest BCUT2D eigenvalue weighted by Crippen LogP contribution is 2.39. The summed E-state index contributed by atoms with van der Waals surface area (Å²) in [5.74, 6) is -0.0160. The molecule has 0 aliphatic heterocycles. The van der Waals surface area contributed by atoms with Crippen molar-refractivity contribution >= 4 is 39.1 Å². The van der Waals surface area contributed by atoms with E-state index >= 15 is 0 Å².